The number of carbonyl (C=O) groups excluding carboxylic acids is 3. The third kappa shape index (κ3) is 5.44. The molecule has 3 aromatic rings. The number of nitrogens with zero attached hydrogens (tertiary/aromatic N) is 2. The number of urea groups is 1. The highest BCUT2D eigenvalue weighted by molar-refractivity contribution is 9.10. The van der Waals surface area contributed by atoms with Gasteiger partial charge in [0, 0.05) is 22.2 Å². The second-order valence-corrected chi connectivity index (χ2v) is 8.45. The van der Waals surface area contributed by atoms with Gasteiger partial charge in [0.25, 0.3) is 11.6 Å². The van der Waals surface area contributed by atoms with Crippen LogP contribution in [0.3, 0.4) is 0 Å². The number of furan rings is 1. The van der Waals surface area contributed by atoms with Gasteiger partial charge in [0.1, 0.15) is 23.8 Å². The summed E-state index contributed by atoms with van der Waals surface area (Å²) < 4.78 is 16.5. The molecule has 0 bridgehead atoms. The lowest BCUT2D eigenvalue weighted by molar-refractivity contribution is -0.384. The Morgan fingerprint density at radius 2 is 1.92 bits per heavy atom. The summed E-state index contributed by atoms with van der Waals surface area (Å²) in [6, 6.07) is 13.3. The Balaban J connectivity index is 1.50. The average Bonchev–Trinajstić information content (AvgIpc) is 3.44. The molecule has 1 aliphatic heterocycles. The summed E-state index contributed by atoms with van der Waals surface area (Å²) in [5.41, 5.74) is 1.23. The van der Waals surface area contributed by atoms with E-state index in [1.807, 2.05) is 0 Å². The molecule has 0 unspecified atom stereocenters. The molecular formula is C24H18BrN3O8. The zero-order chi connectivity index (χ0) is 25.8. The third-order valence-electron chi connectivity index (χ3n) is 5.14. The number of amides is 3. The first-order valence-electron chi connectivity index (χ1n) is 10.4. The summed E-state index contributed by atoms with van der Waals surface area (Å²) in [4.78, 5) is 48.2. The van der Waals surface area contributed by atoms with Crippen molar-refractivity contribution in [1.82, 2.24) is 10.2 Å². The highest BCUT2D eigenvalue weighted by Crippen LogP contribution is 2.28. The minimum Gasteiger partial charge on any atom is -0.488 e. The number of hydrogen-bond acceptors (Lipinski definition) is 8. The summed E-state index contributed by atoms with van der Waals surface area (Å²) in [5.74, 6) is -0.639. The molecule has 12 heteroatoms. The highest BCUT2D eigenvalue weighted by atomic mass is 79.9. The van der Waals surface area contributed by atoms with Crippen molar-refractivity contribution in [2.24, 2.45) is 0 Å². The van der Waals surface area contributed by atoms with Crippen LogP contribution in [0.25, 0.3) is 6.08 Å². The predicted octanol–water partition coefficient (Wildman–Crippen LogP) is 4.41. The zero-order valence-corrected chi connectivity index (χ0v) is 20.3. The van der Waals surface area contributed by atoms with E-state index in [0.717, 1.165) is 9.37 Å². The largest absolute Gasteiger partial charge is 0.488 e. The SMILES string of the molecule is COC(=O)c1ccc(CN2C(=O)N/C(=C\c3cc(Br)ccc3OCc3ccc([N+](=O)[O-])cc3)C2=O)o1. The lowest BCUT2D eigenvalue weighted by Gasteiger charge is -2.11. The van der Waals surface area contributed by atoms with Gasteiger partial charge in [-0.1, -0.05) is 15.9 Å². The van der Waals surface area contributed by atoms with Crippen molar-refractivity contribution in [3.05, 3.63) is 97.5 Å². The quantitative estimate of drug-likeness (QED) is 0.141. The molecule has 2 heterocycles. The second-order valence-electron chi connectivity index (χ2n) is 7.53. The molecule has 1 aromatic heterocycles. The lowest BCUT2D eigenvalue weighted by Crippen LogP contribution is -2.30. The summed E-state index contributed by atoms with van der Waals surface area (Å²) in [5, 5.41) is 13.4. The smallest absolute Gasteiger partial charge is 0.373 e. The molecular weight excluding hydrogens is 538 g/mol. The maximum Gasteiger partial charge on any atom is 0.373 e. The molecule has 2 aromatic carbocycles. The molecule has 0 aliphatic carbocycles. The van der Waals surface area contributed by atoms with Crippen molar-refractivity contribution in [2.45, 2.75) is 13.2 Å². The fraction of sp³-hybridized carbons (Fsp3) is 0.125. The van der Waals surface area contributed by atoms with Gasteiger partial charge in [-0.2, -0.15) is 0 Å². The van der Waals surface area contributed by atoms with Crippen LogP contribution in [-0.4, -0.2) is 34.8 Å². The van der Waals surface area contributed by atoms with Gasteiger partial charge < -0.3 is 19.2 Å². The lowest BCUT2D eigenvalue weighted by atomic mass is 10.1. The number of esters is 1. The Labute approximate surface area is 212 Å². The fourth-order valence-electron chi connectivity index (χ4n) is 3.34. The summed E-state index contributed by atoms with van der Waals surface area (Å²) in [6.07, 6.45) is 1.48. The monoisotopic (exact) mass is 555 g/mol. The van der Waals surface area contributed by atoms with Crippen LogP contribution in [0.2, 0.25) is 0 Å². The van der Waals surface area contributed by atoms with E-state index in [1.54, 1.807) is 30.3 Å². The fourth-order valence-corrected chi connectivity index (χ4v) is 3.72. The Morgan fingerprint density at radius 3 is 2.61 bits per heavy atom. The molecule has 3 amide bonds. The number of hydrogen-bond donors (Lipinski definition) is 1. The number of carbonyl (C=O) groups is 3. The van der Waals surface area contributed by atoms with E-state index in [1.165, 1.54) is 37.5 Å². The molecule has 0 atom stereocenters. The Hall–Kier alpha value is -4.45. The van der Waals surface area contributed by atoms with E-state index in [2.05, 4.69) is 26.0 Å². The predicted molar refractivity (Wildman–Crippen MR) is 129 cm³/mol. The van der Waals surface area contributed by atoms with Crippen LogP contribution >= 0.6 is 15.9 Å². The number of non-ortho nitro benzene ring substituents is 1. The minimum atomic E-state index is -0.671. The van der Waals surface area contributed by atoms with Crippen molar-refractivity contribution in [2.75, 3.05) is 7.11 Å². The minimum absolute atomic E-state index is 0.0241. The van der Waals surface area contributed by atoms with Gasteiger partial charge in [0.2, 0.25) is 5.76 Å². The number of rotatable bonds is 8. The van der Waals surface area contributed by atoms with E-state index in [4.69, 9.17) is 9.15 Å². The van der Waals surface area contributed by atoms with E-state index in [-0.39, 0.29) is 36.1 Å². The molecule has 1 aliphatic rings. The van der Waals surface area contributed by atoms with E-state index < -0.39 is 22.8 Å². The van der Waals surface area contributed by atoms with Crippen LogP contribution in [0.5, 0.6) is 5.75 Å². The van der Waals surface area contributed by atoms with Crippen molar-refractivity contribution in [3.8, 4) is 5.75 Å². The molecule has 184 valence electrons. The maximum atomic E-state index is 12.9. The number of methoxy groups -OCH3 is 1. The van der Waals surface area contributed by atoms with Crippen LogP contribution in [0.15, 0.2) is 69.2 Å². The molecule has 1 fully saturated rings. The molecule has 36 heavy (non-hydrogen) atoms. The van der Waals surface area contributed by atoms with Crippen LogP contribution in [0, 0.1) is 10.1 Å². The Kier molecular flexibility index (Phi) is 7.15. The second kappa shape index (κ2) is 10.4. The average molecular weight is 556 g/mol. The van der Waals surface area contributed by atoms with Gasteiger partial charge >= 0.3 is 12.0 Å². The zero-order valence-electron chi connectivity index (χ0n) is 18.7. The Morgan fingerprint density at radius 1 is 1.17 bits per heavy atom. The van der Waals surface area contributed by atoms with Gasteiger partial charge in [0.15, 0.2) is 0 Å². The number of nitrogens with one attached hydrogen (secondary N) is 1. The van der Waals surface area contributed by atoms with Crippen LogP contribution in [-0.2, 0) is 22.7 Å². The number of ether oxygens (including phenoxy) is 2. The molecule has 1 saturated heterocycles. The number of benzene rings is 2. The summed E-state index contributed by atoms with van der Waals surface area (Å²) >= 11 is 3.38. The van der Waals surface area contributed by atoms with Gasteiger partial charge in [0.05, 0.1) is 18.6 Å². The normalized spacial score (nSPS) is 14.2. The molecule has 4 rings (SSSR count). The van der Waals surface area contributed by atoms with Gasteiger partial charge in [-0.25, -0.2) is 9.59 Å². The summed E-state index contributed by atoms with van der Waals surface area (Å²) in [7, 11) is 1.21. The molecule has 0 radical (unpaired) electrons. The van der Waals surface area contributed by atoms with E-state index >= 15 is 0 Å². The van der Waals surface area contributed by atoms with Crippen molar-refractivity contribution < 1.29 is 33.2 Å². The first-order valence-corrected chi connectivity index (χ1v) is 11.2. The molecule has 0 saturated carbocycles. The molecule has 11 nitrogen and oxygen atoms in total. The number of imide groups is 1. The van der Waals surface area contributed by atoms with Gasteiger partial charge in [-0.05, 0) is 54.1 Å². The molecule has 1 N–H and O–H groups in total. The highest BCUT2D eigenvalue weighted by Gasteiger charge is 2.34. The first-order chi connectivity index (χ1) is 17.2. The van der Waals surface area contributed by atoms with Gasteiger partial charge in [-0.3, -0.25) is 19.8 Å². The van der Waals surface area contributed by atoms with Crippen LogP contribution in [0.1, 0.15) is 27.4 Å². The standard InChI is InChI=1S/C24H18BrN3O8/c1-34-23(30)21-9-7-18(36-21)12-27-22(29)19(26-24(27)31)11-15-10-16(25)4-8-20(15)35-13-14-2-5-17(6-3-14)28(32)33/h2-11H,12-13H2,1H3,(H,26,31)/b19-11-. The first kappa shape index (κ1) is 24.7. The van der Waals surface area contributed by atoms with Crippen molar-refractivity contribution in [3.63, 3.8) is 0 Å². The number of nitro groups is 1. The van der Waals surface area contributed by atoms with Crippen molar-refractivity contribution >= 4 is 45.6 Å². The summed E-state index contributed by atoms with van der Waals surface area (Å²) in [6.45, 7) is -0.0514. The van der Waals surface area contributed by atoms with E-state index in [9.17, 15) is 24.5 Å². The Bertz CT molecular complexity index is 1380. The van der Waals surface area contributed by atoms with Crippen molar-refractivity contribution in [1.29, 1.82) is 0 Å². The number of halogens is 1. The maximum absolute atomic E-state index is 12.9. The van der Waals surface area contributed by atoms with Crippen LogP contribution in [0.4, 0.5) is 10.5 Å². The van der Waals surface area contributed by atoms with Gasteiger partial charge in [-0.15, -0.1) is 0 Å². The third-order valence-corrected chi connectivity index (χ3v) is 5.63. The van der Waals surface area contributed by atoms with Crippen LogP contribution < -0.4 is 10.1 Å². The molecule has 0 spiro atoms. The number of nitro benzene ring substituents is 1. The topological polar surface area (TPSA) is 141 Å². The van der Waals surface area contributed by atoms with E-state index in [0.29, 0.717) is 16.9 Å².